The number of rotatable bonds is 3. The van der Waals surface area contributed by atoms with E-state index in [9.17, 15) is 5.26 Å². The molecular weight excluding hydrogens is 428 g/mol. The zero-order valence-electron chi connectivity index (χ0n) is 18.7. The fraction of sp³-hybridized carbons (Fsp3) is 0.346. The van der Waals surface area contributed by atoms with Crippen LogP contribution in [0.5, 0.6) is 0 Å². The summed E-state index contributed by atoms with van der Waals surface area (Å²) in [6.07, 6.45) is 4.37. The number of hydrogen-bond donors (Lipinski definition) is 1. The lowest BCUT2D eigenvalue weighted by Gasteiger charge is -2.19. The Kier molecular flexibility index (Phi) is 5.12. The van der Waals surface area contributed by atoms with E-state index in [-0.39, 0.29) is 0 Å². The maximum atomic E-state index is 9.22. The van der Waals surface area contributed by atoms with Crippen molar-refractivity contribution in [2.24, 2.45) is 18.9 Å². The molecule has 2 fully saturated rings. The van der Waals surface area contributed by atoms with Crippen LogP contribution in [-0.2, 0) is 7.05 Å². The van der Waals surface area contributed by atoms with Crippen molar-refractivity contribution in [3.8, 4) is 27.8 Å². The lowest BCUT2D eigenvalue weighted by molar-refractivity contribution is 0.409. The molecule has 2 saturated heterocycles. The topological polar surface area (TPSA) is 69.8 Å². The Morgan fingerprint density at radius 2 is 1.76 bits per heavy atom. The minimum absolute atomic E-state index is 0.667. The molecule has 0 bridgehead atoms. The average Bonchev–Trinajstić information content (AvgIpc) is 3.55. The largest absolute Gasteiger partial charge is 0.348 e. The molecule has 2 aliphatic rings. The summed E-state index contributed by atoms with van der Waals surface area (Å²) in [6.45, 7) is 4.43. The lowest BCUT2D eigenvalue weighted by Crippen LogP contribution is -2.25. The molecule has 166 valence electrons. The van der Waals surface area contributed by atoms with E-state index in [1.807, 2.05) is 42.2 Å². The molecule has 7 heteroatoms. The van der Waals surface area contributed by atoms with Gasteiger partial charge >= 0.3 is 0 Å². The molecule has 0 spiro atoms. The van der Waals surface area contributed by atoms with Gasteiger partial charge in [0.15, 0.2) is 5.13 Å². The van der Waals surface area contributed by atoms with Crippen molar-refractivity contribution >= 4 is 27.4 Å². The fourth-order valence-electron chi connectivity index (χ4n) is 5.25. The third-order valence-electron chi connectivity index (χ3n) is 7.20. The Morgan fingerprint density at radius 1 is 1.03 bits per heavy atom. The van der Waals surface area contributed by atoms with Crippen molar-refractivity contribution < 1.29 is 0 Å². The van der Waals surface area contributed by atoms with Crippen LogP contribution in [0.4, 0.5) is 5.13 Å². The van der Waals surface area contributed by atoms with Crippen LogP contribution in [0.15, 0.2) is 48.7 Å². The number of hydrogen-bond acceptors (Lipinski definition) is 6. The van der Waals surface area contributed by atoms with E-state index in [0.29, 0.717) is 5.56 Å². The van der Waals surface area contributed by atoms with E-state index >= 15 is 0 Å². The van der Waals surface area contributed by atoms with E-state index in [2.05, 4.69) is 39.6 Å². The number of thiazole rings is 1. The summed E-state index contributed by atoms with van der Waals surface area (Å²) in [5.74, 6) is 1.58. The standard InChI is InChI=1S/C26H26N6S/c1-31-23-7-6-19(12-22(23)16-29-31)25-24(18-4-2-17(13-27)3-5-18)30-26(33-25)32-10-8-20-14-28-15-21(20)9-11-32/h2-7,12,16,20-21,28H,8-11,14-15H2,1H3/t20-,21+. The Labute approximate surface area is 197 Å². The monoisotopic (exact) mass is 454 g/mol. The maximum Gasteiger partial charge on any atom is 0.186 e. The third-order valence-corrected chi connectivity index (χ3v) is 8.37. The number of benzene rings is 2. The molecule has 0 saturated carbocycles. The second-order valence-corrected chi connectivity index (χ2v) is 10.1. The maximum absolute atomic E-state index is 9.22. The van der Waals surface area contributed by atoms with Gasteiger partial charge in [-0.15, -0.1) is 0 Å². The Balaban J connectivity index is 1.42. The molecule has 2 atom stereocenters. The zero-order valence-corrected chi connectivity index (χ0v) is 19.5. The van der Waals surface area contributed by atoms with E-state index in [1.165, 1.54) is 17.7 Å². The fourth-order valence-corrected chi connectivity index (χ4v) is 6.39. The van der Waals surface area contributed by atoms with Crippen LogP contribution in [-0.4, -0.2) is 40.9 Å². The highest BCUT2D eigenvalue weighted by atomic mass is 32.1. The zero-order chi connectivity index (χ0) is 22.4. The van der Waals surface area contributed by atoms with Gasteiger partial charge in [-0.1, -0.05) is 29.5 Å². The number of nitrogens with zero attached hydrogens (tertiary/aromatic N) is 5. The average molecular weight is 455 g/mol. The third kappa shape index (κ3) is 3.69. The number of anilines is 1. The molecule has 6 nitrogen and oxygen atoms in total. The number of aryl methyl sites for hydroxylation is 1. The first kappa shape index (κ1) is 20.4. The quantitative estimate of drug-likeness (QED) is 0.487. The normalized spacial score (nSPS) is 20.5. The van der Waals surface area contributed by atoms with Crippen molar-refractivity contribution in [3.05, 3.63) is 54.2 Å². The second kappa shape index (κ2) is 8.29. The molecule has 2 aliphatic heterocycles. The predicted octanol–water partition coefficient (Wildman–Crippen LogP) is 4.67. The molecule has 33 heavy (non-hydrogen) atoms. The summed E-state index contributed by atoms with van der Waals surface area (Å²) >= 11 is 1.78. The van der Waals surface area contributed by atoms with Gasteiger partial charge in [-0.25, -0.2) is 4.98 Å². The van der Waals surface area contributed by atoms with Crippen molar-refractivity contribution in [2.75, 3.05) is 31.1 Å². The molecule has 6 rings (SSSR count). The van der Waals surface area contributed by atoms with Gasteiger partial charge in [0.2, 0.25) is 0 Å². The van der Waals surface area contributed by atoms with Gasteiger partial charge in [-0.3, -0.25) is 4.68 Å². The Hall–Kier alpha value is -3.21. The summed E-state index contributed by atoms with van der Waals surface area (Å²) in [5, 5.41) is 19.4. The van der Waals surface area contributed by atoms with Crippen molar-refractivity contribution in [3.63, 3.8) is 0 Å². The molecule has 2 aromatic heterocycles. The number of nitriles is 1. The van der Waals surface area contributed by atoms with Crippen LogP contribution in [0.25, 0.3) is 32.6 Å². The first-order valence-corrected chi connectivity index (χ1v) is 12.4. The van der Waals surface area contributed by atoms with Gasteiger partial charge < -0.3 is 10.2 Å². The molecule has 0 aliphatic carbocycles. The van der Waals surface area contributed by atoms with Crippen LogP contribution in [0, 0.1) is 23.2 Å². The second-order valence-electron chi connectivity index (χ2n) is 9.15. The van der Waals surface area contributed by atoms with Gasteiger partial charge in [0, 0.05) is 31.1 Å². The van der Waals surface area contributed by atoms with E-state index in [0.717, 1.165) is 70.9 Å². The highest BCUT2D eigenvalue weighted by Crippen LogP contribution is 2.42. The SMILES string of the molecule is Cn1ncc2cc(-c3sc(N4CC[C@@H]5CNC[C@@H]5CC4)nc3-c3ccc(C#N)cc3)ccc21. The van der Waals surface area contributed by atoms with Crippen LogP contribution in [0.1, 0.15) is 18.4 Å². The van der Waals surface area contributed by atoms with Crippen LogP contribution in [0.2, 0.25) is 0 Å². The van der Waals surface area contributed by atoms with E-state index in [4.69, 9.17) is 4.98 Å². The molecule has 0 unspecified atom stereocenters. The summed E-state index contributed by atoms with van der Waals surface area (Å²) < 4.78 is 1.90. The molecule has 0 amide bonds. The Morgan fingerprint density at radius 3 is 2.48 bits per heavy atom. The first-order chi connectivity index (χ1) is 16.2. The molecule has 4 aromatic rings. The van der Waals surface area contributed by atoms with Crippen LogP contribution in [0.3, 0.4) is 0 Å². The molecule has 1 N–H and O–H groups in total. The molecule has 4 heterocycles. The van der Waals surface area contributed by atoms with Gasteiger partial charge in [0.25, 0.3) is 0 Å². The molecular formula is C26H26N6S. The van der Waals surface area contributed by atoms with Gasteiger partial charge in [0.05, 0.1) is 33.9 Å². The highest BCUT2D eigenvalue weighted by Gasteiger charge is 2.31. The molecule has 2 aromatic carbocycles. The summed E-state index contributed by atoms with van der Waals surface area (Å²) in [6, 6.07) is 16.5. The summed E-state index contributed by atoms with van der Waals surface area (Å²) in [4.78, 5) is 8.84. The summed E-state index contributed by atoms with van der Waals surface area (Å²) in [5.41, 5.74) is 4.99. The molecule has 0 radical (unpaired) electrons. The number of aromatic nitrogens is 3. The lowest BCUT2D eigenvalue weighted by atomic mass is 9.92. The van der Waals surface area contributed by atoms with Gasteiger partial charge in [-0.05, 0) is 67.6 Å². The first-order valence-electron chi connectivity index (χ1n) is 11.6. The minimum Gasteiger partial charge on any atom is -0.348 e. The number of fused-ring (bicyclic) bond motifs is 2. The Bertz CT molecular complexity index is 1330. The van der Waals surface area contributed by atoms with E-state index in [1.54, 1.807) is 11.3 Å². The van der Waals surface area contributed by atoms with Gasteiger partial charge in [0.1, 0.15) is 0 Å². The minimum atomic E-state index is 0.667. The van der Waals surface area contributed by atoms with Crippen molar-refractivity contribution in [2.45, 2.75) is 12.8 Å². The summed E-state index contributed by atoms with van der Waals surface area (Å²) in [7, 11) is 1.97. The number of nitrogens with one attached hydrogen (secondary N) is 1. The van der Waals surface area contributed by atoms with Crippen molar-refractivity contribution in [1.82, 2.24) is 20.1 Å². The predicted molar refractivity (Wildman–Crippen MR) is 133 cm³/mol. The van der Waals surface area contributed by atoms with Crippen molar-refractivity contribution in [1.29, 1.82) is 5.26 Å². The smallest absolute Gasteiger partial charge is 0.186 e. The van der Waals surface area contributed by atoms with E-state index < -0.39 is 0 Å². The van der Waals surface area contributed by atoms with Crippen LogP contribution >= 0.6 is 11.3 Å². The van der Waals surface area contributed by atoms with Crippen LogP contribution < -0.4 is 10.2 Å². The highest BCUT2D eigenvalue weighted by molar-refractivity contribution is 7.19. The van der Waals surface area contributed by atoms with Gasteiger partial charge in [-0.2, -0.15) is 10.4 Å².